The molecule has 0 spiro atoms. The molecule has 0 fully saturated rings. The molecule has 7 nitrogen and oxygen atoms in total. The Labute approximate surface area is 132 Å². The van der Waals surface area contributed by atoms with Crippen LogP contribution in [0.1, 0.15) is 0 Å². The molecule has 2 rings (SSSR count). The largest absolute Gasteiger partial charge is 0.497 e. The normalized spacial score (nSPS) is 11.0. The van der Waals surface area contributed by atoms with Gasteiger partial charge >= 0.3 is 0 Å². The molecular formula is C15H16FN5O2. The lowest BCUT2D eigenvalue weighted by atomic mass is 10.3. The van der Waals surface area contributed by atoms with E-state index in [1.807, 2.05) is 0 Å². The number of hydrogen-bond acceptors (Lipinski definition) is 3. The molecule has 0 saturated heterocycles. The molecular weight excluding hydrogens is 301 g/mol. The van der Waals surface area contributed by atoms with Crippen molar-refractivity contribution in [2.24, 2.45) is 27.2 Å². The van der Waals surface area contributed by atoms with E-state index in [4.69, 9.17) is 26.7 Å². The van der Waals surface area contributed by atoms with Gasteiger partial charge in [0, 0.05) is 12.1 Å². The highest BCUT2D eigenvalue weighted by atomic mass is 19.1. The van der Waals surface area contributed by atoms with Crippen LogP contribution in [-0.4, -0.2) is 19.0 Å². The second-order valence-electron chi connectivity index (χ2n) is 4.40. The minimum absolute atomic E-state index is 0.0395. The number of methoxy groups -OCH3 is 1. The first-order valence-electron chi connectivity index (χ1n) is 6.53. The summed E-state index contributed by atoms with van der Waals surface area (Å²) in [5.74, 6) is 0.0772. The Morgan fingerprint density at radius 1 is 1.04 bits per heavy atom. The van der Waals surface area contributed by atoms with Crippen molar-refractivity contribution in [3.05, 3.63) is 48.3 Å². The van der Waals surface area contributed by atoms with Gasteiger partial charge in [-0.2, -0.15) is 4.99 Å². The Morgan fingerprint density at radius 3 is 2.43 bits per heavy atom. The smallest absolute Gasteiger partial charge is 0.223 e. The van der Waals surface area contributed by atoms with Crippen LogP contribution < -0.4 is 26.7 Å². The Hall–Kier alpha value is -3.29. The van der Waals surface area contributed by atoms with Crippen LogP contribution in [-0.2, 0) is 0 Å². The van der Waals surface area contributed by atoms with E-state index in [1.165, 1.54) is 19.2 Å². The summed E-state index contributed by atoms with van der Waals surface area (Å²) in [6, 6.07) is 10.9. The van der Waals surface area contributed by atoms with Crippen molar-refractivity contribution in [3.63, 3.8) is 0 Å². The molecule has 8 heteroatoms. The van der Waals surface area contributed by atoms with E-state index >= 15 is 0 Å². The summed E-state index contributed by atoms with van der Waals surface area (Å²) < 4.78 is 24.6. The van der Waals surface area contributed by atoms with Crippen LogP contribution in [0.3, 0.4) is 0 Å². The number of aliphatic imine (C=N–C) groups is 2. The maximum absolute atomic E-state index is 14.1. The molecule has 0 radical (unpaired) electrons. The zero-order valence-electron chi connectivity index (χ0n) is 12.4. The second kappa shape index (κ2) is 7.12. The molecule has 0 aromatic heterocycles. The SMILES string of the molecule is COc1cccc(Oc2ccc(N=C(N)N=C(N)N)cc2F)c1. The monoisotopic (exact) mass is 317 g/mol. The Bertz CT molecular complexity index is 757. The van der Waals surface area contributed by atoms with Gasteiger partial charge in [0.05, 0.1) is 12.8 Å². The van der Waals surface area contributed by atoms with Gasteiger partial charge < -0.3 is 26.7 Å². The summed E-state index contributed by atoms with van der Waals surface area (Å²) in [5, 5.41) is 0. The highest BCUT2D eigenvalue weighted by Crippen LogP contribution is 2.29. The number of guanidine groups is 2. The summed E-state index contributed by atoms with van der Waals surface area (Å²) in [6.07, 6.45) is 0. The molecule has 0 saturated carbocycles. The number of nitrogens with zero attached hydrogens (tertiary/aromatic N) is 2. The van der Waals surface area contributed by atoms with Crippen LogP contribution in [0.5, 0.6) is 17.2 Å². The fraction of sp³-hybridized carbons (Fsp3) is 0.0667. The molecule has 120 valence electrons. The maximum atomic E-state index is 14.1. The molecule has 0 aliphatic carbocycles. The van der Waals surface area contributed by atoms with Gasteiger partial charge in [0.1, 0.15) is 11.5 Å². The summed E-state index contributed by atoms with van der Waals surface area (Å²) in [6.45, 7) is 0. The van der Waals surface area contributed by atoms with Gasteiger partial charge in [-0.05, 0) is 24.3 Å². The van der Waals surface area contributed by atoms with Crippen molar-refractivity contribution in [3.8, 4) is 17.2 Å². The molecule has 23 heavy (non-hydrogen) atoms. The van der Waals surface area contributed by atoms with E-state index in [2.05, 4.69) is 9.98 Å². The minimum atomic E-state index is -0.605. The number of rotatable bonds is 4. The first-order valence-corrected chi connectivity index (χ1v) is 6.53. The molecule has 0 aliphatic rings. The fourth-order valence-electron chi connectivity index (χ4n) is 1.72. The zero-order valence-corrected chi connectivity index (χ0v) is 12.4. The zero-order chi connectivity index (χ0) is 16.8. The molecule has 0 bridgehead atoms. The van der Waals surface area contributed by atoms with Crippen LogP contribution in [0.15, 0.2) is 52.4 Å². The van der Waals surface area contributed by atoms with Crippen molar-refractivity contribution in [2.45, 2.75) is 0 Å². The van der Waals surface area contributed by atoms with Crippen LogP contribution >= 0.6 is 0 Å². The average Bonchev–Trinajstić information content (AvgIpc) is 2.49. The quantitative estimate of drug-likeness (QED) is 0.587. The lowest BCUT2D eigenvalue weighted by Gasteiger charge is -2.08. The summed E-state index contributed by atoms with van der Waals surface area (Å²) >= 11 is 0. The lowest BCUT2D eigenvalue weighted by molar-refractivity contribution is 0.405. The third-order valence-electron chi connectivity index (χ3n) is 2.67. The van der Waals surface area contributed by atoms with Gasteiger partial charge in [-0.15, -0.1) is 0 Å². The highest BCUT2D eigenvalue weighted by Gasteiger charge is 2.07. The van der Waals surface area contributed by atoms with Gasteiger partial charge in [0.25, 0.3) is 0 Å². The van der Waals surface area contributed by atoms with Crippen molar-refractivity contribution in [1.29, 1.82) is 0 Å². The third-order valence-corrected chi connectivity index (χ3v) is 2.67. The van der Waals surface area contributed by atoms with E-state index in [9.17, 15) is 4.39 Å². The number of benzene rings is 2. The maximum Gasteiger partial charge on any atom is 0.223 e. The van der Waals surface area contributed by atoms with Crippen LogP contribution in [0.2, 0.25) is 0 Å². The van der Waals surface area contributed by atoms with Gasteiger partial charge in [-0.3, -0.25) is 0 Å². The molecule has 0 heterocycles. The van der Waals surface area contributed by atoms with E-state index in [0.29, 0.717) is 11.5 Å². The summed E-state index contributed by atoms with van der Waals surface area (Å²) in [4.78, 5) is 7.41. The highest BCUT2D eigenvalue weighted by molar-refractivity contribution is 5.93. The standard InChI is InChI=1S/C15H16FN5O2/c1-22-10-3-2-4-11(8-10)23-13-6-5-9(7-12(13)16)20-15(19)21-14(17)18/h2-8H,1H3,(H6,17,18,19,20,21). The van der Waals surface area contributed by atoms with Crippen LogP contribution in [0, 0.1) is 5.82 Å². The molecule has 2 aromatic rings. The van der Waals surface area contributed by atoms with E-state index in [1.54, 1.807) is 24.3 Å². The predicted octanol–water partition coefficient (Wildman–Crippen LogP) is 1.85. The van der Waals surface area contributed by atoms with Crippen molar-refractivity contribution in [2.75, 3.05) is 7.11 Å². The molecule has 0 atom stereocenters. The van der Waals surface area contributed by atoms with Gasteiger partial charge in [0.15, 0.2) is 17.5 Å². The predicted molar refractivity (Wildman–Crippen MR) is 86.6 cm³/mol. The molecule has 0 amide bonds. The average molecular weight is 317 g/mol. The number of nitrogens with two attached hydrogens (primary N) is 3. The van der Waals surface area contributed by atoms with E-state index in [0.717, 1.165) is 6.07 Å². The first kappa shape index (κ1) is 16.1. The van der Waals surface area contributed by atoms with E-state index in [-0.39, 0.29) is 23.4 Å². The van der Waals surface area contributed by atoms with E-state index < -0.39 is 5.82 Å². The third kappa shape index (κ3) is 4.60. The van der Waals surface area contributed by atoms with Crippen molar-refractivity contribution >= 4 is 17.6 Å². The fourth-order valence-corrected chi connectivity index (χ4v) is 1.72. The number of hydrogen-bond donors (Lipinski definition) is 3. The molecule has 0 unspecified atom stereocenters. The summed E-state index contributed by atoms with van der Waals surface area (Å²) in [7, 11) is 1.54. The Morgan fingerprint density at radius 2 is 1.78 bits per heavy atom. The molecule has 0 aliphatic heterocycles. The first-order chi connectivity index (χ1) is 11.0. The second-order valence-corrected chi connectivity index (χ2v) is 4.40. The number of ether oxygens (including phenoxy) is 2. The van der Waals surface area contributed by atoms with Crippen molar-refractivity contribution in [1.82, 2.24) is 0 Å². The lowest BCUT2D eigenvalue weighted by Crippen LogP contribution is -2.26. The van der Waals surface area contributed by atoms with Crippen LogP contribution in [0.4, 0.5) is 10.1 Å². The molecule has 6 N–H and O–H groups in total. The Balaban J connectivity index is 2.21. The van der Waals surface area contributed by atoms with Gasteiger partial charge in [-0.25, -0.2) is 9.38 Å². The van der Waals surface area contributed by atoms with Gasteiger partial charge in [-0.1, -0.05) is 6.07 Å². The van der Waals surface area contributed by atoms with Gasteiger partial charge in [0.2, 0.25) is 5.96 Å². The summed E-state index contributed by atoms with van der Waals surface area (Å²) in [5.41, 5.74) is 16.1. The molecule has 2 aromatic carbocycles. The topological polar surface area (TPSA) is 121 Å². The van der Waals surface area contributed by atoms with Crippen molar-refractivity contribution < 1.29 is 13.9 Å². The minimum Gasteiger partial charge on any atom is -0.497 e. The van der Waals surface area contributed by atoms with Crippen LogP contribution in [0.25, 0.3) is 0 Å². The number of halogens is 1. The Kier molecular flexibility index (Phi) is 4.98.